The second kappa shape index (κ2) is 5.14. The maximum atomic E-state index is 10.7. The van der Waals surface area contributed by atoms with Crippen LogP contribution in [0.2, 0.25) is 0 Å². The van der Waals surface area contributed by atoms with Crippen LogP contribution in [0.1, 0.15) is 5.69 Å². The molecule has 1 aromatic heterocycles. The molecule has 0 amide bonds. The monoisotopic (exact) mass is 261 g/mol. The Morgan fingerprint density at radius 1 is 1.44 bits per heavy atom. The molecule has 0 spiro atoms. The van der Waals surface area contributed by atoms with E-state index < -0.39 is 10.0 Å². The Kier molecular flexibility index (Phi) is 4.10. The van der Waals surface area contributed by atoms with Gasteiger partial charge >= 0.3 is 0 Å². The van der Waals surface area contributed by atoms with Crippen LogP contribution >= 0.6 is 12.2 Å². The lowest BCUT2D eigenvalue weighted by atomic mass is 10.4. The number of nitrogens with two attached hydrogens (primary N) is 2. The fourth-order valence-corrected chi connectivity index (χ4v) is 1.50. The molecule has 1 rings (SSSR count). The molecule has 0 saturated heterocycles. The maximum absolute atomic E-state index is 10.7. The number of nitrogens with one attached hydrogen (secondary N) is 1. The van der Waals surface area contributed by atoms with Crippen molar-refractivity contribution in [2.45, 2.75) is 0 Å². The Balaban J connectivity index is 2.71. The van der Waals surface area contributed by atoms with E-state index in [9.17, 15) is 8.42 Å². The zero-order valence-corrected chi connectivity index (χ0v) is 9.88. The van der Waals surface area contributed by atoms with Crippen LogP contribution in [0.15, 0.2) is 12.4 Å². The van der Waals surface area contributed by atoms with E-state index in [4.69, 9.17) is 23.1 Å². The van der Waals surface area contributed by atoms with Crippen molar-refractivity contribution in [3.63, 3.8) is 0 Å². The summed E-state index contributed by atoms with van der Waals surface area (Å²) < 4.78 is 21.4. The van der Waals surface area contributed by atoms with E-state index in [2.05, 4.69) is 15.3 Å². The quantitative estimate of drug-likeness (QED) is 0.569. The molecule has 5 N–H and O–H groups in total. The number of aromatic nitrogens is 2. The lowest BCUT2D eigenvalue weighted by Gasteiger charge is -2.07. The van der Waals surface area contributed by atoms with Crippen molar-refractivity contribution in [2.75, 3.05) is 17.6 Å². The van der Waals surface area contributed by atoms with Crippen molar-refractivity contribution < 1.29 is 8.42 Å². The Morgan fingerprint density at radius 2 is 2.06 bits per heavy atom. The minimum atomic E-state index is -3.50. The highest BCUT2D eigenvalue weighted by Gasteiger charge is 2.08. The van der Waals surface area contributed by atoms with Crippen LogP contribution < -0.4 is 16.2 Å². The summed E-state index contributed by atoms with van der Waals surface area (Å²) in [6.07, 6.45) is 2.89. The van der Waals surface area contributed by atoms with Gasteiger partial charge in [0.2, 0.25) is 10.0 Å². The summed E-state index contributed by atoms with van der Waals surface area (Å²) in [5.74, 6) is 0.138. The van der Waals surface area contributed by atoms with Crippen LogP contribution in [0.4, 0.5) is 5.82 Å². The van der Waals surface area contributed by atoms with Crippen molar-refractivity contribution in [1.82, 2.24) is 9.97 Å². The molecule has 0 aliphatic carbocycles. The van der Waals surface area contributed by atoms with Crippen LogP contribution in [0, 0.1) is 0 Å². The van der Waals surface area contributed by atoms with E-state index in [0.29, 0.717) is 11.5 Å². The van der Waals surface area contributed by atoms with Gasteiger partial charge in [0, 0.05) is 18.9 Å². The molecule has 88 valence electrons. The van der Waals surface area contributed by atoms with Gasteiger partial charge in [0.25, 0.3) is 0 Å². The van der Waals surface area contributed by atoms with E-state index in [-0.39, 0.29) is 17.3 Å². The maximum Gasteiger partial charge on any atom is 0.210 e. The SMILES string of the molecule is NC(=S)c1nccnc1NCCS(N)(=O)=O. The normalized spacial score (nSPS) is 11.1. The van der Waals surface area contributed by atoms with E-state index in [1.54, 1.807) is 0 Å². The standard InChI is InChI=1S/C7H11N5O2S2/c8-6(15)5-7(11-2-1-10-5)12-3-4-16(9,13)14/h1-2H,3-4H2,(H2,8,15)(H,11,12)(H2,9,13,14). The summed E-state index contributed by atoms with van der Waals surface area (Å²) in [5, 5.41) is 7.59. The van der Waals surface area contributed by atoms with Gasteiger partial charge in [0.1, 0.15) is 10.7 Å². The van der Waals surface area contributed by atoms with Crippen LogP contribution in [0.5, 0.6) is 0 Å². The number of primary sulfonamides is 1. The average Bonchev–Trinajstić information content (AvgIpc) is 2.16. The second-order valence-corrected chi connectivity index (χ2v) is 5.09. The Morgan fingerprint density at radius 3 is 2.62 bits per heavy atom. The zero-order chi connectivity index (χ0) is 12.2. The van der Waals surface area contributed by atoms with Crippen molar-refractivity contribution in [3.05, 3.63) is 18.1 Å². The van der Waals surface area contributed by atoms with E-state index >= 15 is 0 Å². The molecule has 0 saturated carbocycles. The fraction of sp³-hybridized carbons (Fsp3) is 0.286. The summed E-state index contributed by atoms with van der Waals surface area (Å²) in [6, 6.07) is 0. The summed E-state index contributed by atoms with van der Waals surface area (Å²) in [6.45, 7) is 0.118. The van der Waals surface area contributed by atoms with Gasteiger partial charge in [-0.15, -0.1) is 0 Å². The van der Waals surface area contributed by atoms with Crippen molar-refractivity contribution in [1.29, 1.82) is 0 Å². The van der Waals surface area contributed by atoms with Crippen LogP contribution in [-0.4, -0.2) is 35.7 Å². The summed E-state index contributed by atoms with van der Waals surface area (Å²) in [4.78, 5) is 7.95. The Bertz CT molecular complexity index is 487. The predicted molar refractivity (Wildman–Crippen MR) is 64.4 cm³/mol. The Hall–Kier alpha value is -1.32. The molecule has 0 aromatic carbocycles. The number of sulfonamides is 1. The first-order chi connectivity index (χ1) is 7.40. The highest BCUT2D eigenvalue weighted by molar-refractivity contribution is 7.89. The topological polar surface area (TPSA) is 124 Å². The molecular weight excluding hydrogens is 250 g/mol. The summed E-state index contributed by atoms with van der Waals surface area (Å²) >= 11 is 4.77. The van der Waals surface area contributed by atoms with Crippen molar-refractivity contribution in [3.8, 4) is 0 Å². The van der Waals surface area contributed by atoms with Gasteiger partial charge < -0.3 is 11.1 Å². The summed E-state index contributed by atoms with van der Waals surface area (Å²) in [5.41, 5.74) is 5.74. The van der Waals surface area contributed by atoms with Gasteiger partial charge in [-0.3, -0.25) is 0 Å². The number of hydrogen-bond donors (Lipinski definition) is 3. The number of rotatable bonds is 5. The molecule has 9 heteroatoms. The lowest BCUT2D eigenvalue weighted by molar-refractivity contribution is 0.598. The number of nitrogens with zero attached hydrogens (tertiary/aromatic N) is 2. The molecule has 16 heavy (non-hydrogen) atoms. The zero-order valence-electron chi connectivity index (χ0n) is 8.25. The largest absolute Gasteiger partial charge is 0.388 e. The first kappa shape index (κ1) is 12.7. The lowest BCUT2D eigenvalue weighted by Crippen LogP contribution is -2.24. The molecule has 1 heterocycles. The molecule has 0 atom stereocenters. The first-order valence-electron chi connectivity index (χ1n) is 4.25. The van der Waals surface area contributed by atoms with Gasteiger partial charge in [-0.05, 0) is 0 Å². The van der Waals surface area contributed by atoms with Gasteiger partial charge in [-0.2, -0.15) is 0 Å². The smallest absolute Gasteiger partial charge is 0.210 e. The van der Waals surface area contributed by atoms with Crippen LogP contribution in [0.3, 0.4) is 0 Å². The van der Waals surface area contributed by atoms with Gasteiger partial charge in [-0.1, -0.05) is 12.2 Å². The third kappa shape index (κ3) is 4.04. The molecule has 0 aliphatic rings. The minimum Gasteiger partial charge on any atom is -0.388 e. The molecule has 0 fully saturated rings. The number of thiocarbonyl (C=S) groups is 1. The third-order valence-corrected chi connectivity index (χ3v) is 2.58. The highest BCUT2D eigenvalue weighted by atomic mass is 32.2. The fourth-order valence-electron chi connectivity index (χ4n) is 0.959. The van der Waals surface area contributed by atoms with E-state index in [0.717, 1.165) is 0 Å². The predicted octanol–water partition coefficient (Wildman–Crippen LogP) is -1.19. The Labute approximate surface area is 98.3 Å². The third-order valence-electron chi connectivity index (χ3n) is 1.61. The van der Waals surface area contributed by atoms with Crippen molar-refractivity contribution >= 4 is 33.0 Å². The van der Waals surface area contributed by atoms with E-state index in [1.807, 2.05) is 0 Å². The molecule has 0 bridgehead atoms. The second-order valence-electron chi connectivity index (χ2n) is 2.91. The molecule has 0 aliphatic heterocycles. The molecule has 0 unspecified atom stereocenters. The van der Waals surface area contributed by atoms with Crippen molar-refractivity contribution in [2.24, 2.45) is 10.9 Å². The highest BCUT2D eigenvalue weighted by Crippen LogP contribution is 2.07. The number of hydrogen-bond acceptors (Lipinski definition) is 6. The molecular formula is C7H11N5O2S2. The van der Waals surface area contributed by atoms with Crippen LogP contribution in [0.25, 0.3) is 0 Å². The number of anilines is 1. The first-order valence-corrected chi connectivity index (χ1v) is 6.37. The van der Waals surface area contributed by atoms with Gasteiger partial charge in [0.05, 0.1) is 5.75 Å². The van der Waals surface area contributed by atoms with Crippen LogP contribution in [-0.2, 0) is 10.0 Å². The summed E-state index contributed by atoms with van der Waals surface area (Å²) in [7, 11) is -3.50. The van der Waals surface area contributed by atoms with Gasteiger partial charge in [-0.25, -0.2) is 23.5 Å². The average molecular weight is 261 g/mol. The minimum absolute atomic E-state index is 0.0891. The molecule has 1 aromatic rings. The molecule has 7 nitrogen and oxygen atoms in total. The van der Waals surface area contributed by atoms with E-state index in [1.165, 1.54) is 12.4 Å². The molecule has 0 radical (unpaired) electrons. The van der Waals surface area contributed by atoms with Gasteiger partial charge in [0.15, 0.2) is 5.82 Å².